The Bertz CT molecular complexity index is 574. The number of nitrogens with one attached hydrogen (secondary N) is 1. The first-order chi connectivity index (χ1) is 8.99. The largest absolute Gasteiger partial charge is 0.356 e. The van der Waals surface area contributed by atoms with E-state index in [0.29, 0.717) is 5.69 Å². The molecule has 1 unspecified atom stereocenters. The number of hydrogen-bond acceptors (Lipinski definition) is 1. The highest BCUT2D eigenvalue weighted by Gasteiger charge is 2.19. The fraction of sp³-hybridized carbons (Fsp3) is 0.267. The van der Waals surface area contributed by atoms with Crippen molar-refractivity contribution in [3.8, 4) is 0 Å². The van der Waals surface area contributed by atoms with Gasteiger partial charge < -0.3 is 9.88 Å². The first-order valence-electron chi connectivity index (χ1n) is 6.16. The van der Waals surface area contributed by atoms with E-state index in [9.17, 15) is 4.79 Å². The molecule has 0 saturated carbocycles. The molecule has 1 atom stereocenters. The number of hydrogen-bond donors (Lipinski definition) is 1. The highest BCUT2D eigenvalue weighted by atomic mass is 79.9. The van der Waals surface area contributed by atoms with Crippen molar-refractivity contribution in [3.63, 3.8) is 0 Å². The number of carbonyl (C=O) groups is 1. The van der Waals surface area contributed by atoms with E-state index in [4.69, 9.17) is 0 Å². The number of aromatic amines is 1. The Balaban J connectivity index is 2.16. The Morgan fingerprint density at radius 2 is 1.95 bits per heavy atom. The lowest BCUT2D eigenvalue weighted by Crippen LogP contribution is -2.29. The van der Waals surface area contributed by atoms with E-state index in [1.165, 1.54) is 5.56 Å². The van der Waals surface area contributed by atoms with Crippen LogP contribution in [0.4, 0.5) is 0 Å². The van der Waals surface area contributed by atoms with Gasteiger partial charge in [0.15, 0.2) is 0 Å². The van der Waals surface area contributed by atoms with E-state index in [0.717, 1.165) is 10.0 Å². The fourth-order valence-electron chi connectivity index (χ4n) is 1.93. The summed E-state index contributed by atoms with van der Waals surface area (Å²) in [4.78, 5) is 17.0. The molecule has 0 aliphatic rings. The highest BCUT2D eigenvalue weighted by Crippen LogP contribution is 2.21. The molecule has 0 aliphatic heterocycles. The second kappa shape index (κ2) is 5.61. The van der Waals surface area contributed by atoms with Gasteiger partial charge in [-0.2, -0.15) is 0 Å². The van der Waals surface area contributed by atoms with Crippen LogP contribution >= 0.6 is 15.9 Å². The van der Waals surface area contributed by atoms with Crippen LogP contribution in [-0.4, -0.2) is 22.8 Å². The lowest BCUT2D eigenvalue weighted by molar-refractivity contribution is 0.0737. The lowest BCUT2D eigenvalue weighted by Gasteiger charge is -2.25. The molecule has 0 radical (unpaired) electrons. The molecule has 0 spiro atoms. The summed E-state index contributed by atoms with van der Waals surface area (Å²) in [7, 11) is 1.82. The van der Waals surface area contributed by atoms with Gasteiger partial charge in [-0.05, 0) is 41.4 Å². The Kier molecular flexibility index (Phi) is 4.10. The van der Waals surface area contributed by atoms with Gasteiger partial charge in [-0.1, -0.05) is 29.8 Å². The molecule has 1 aromatic carbocycles. The zero-order chi connectivity index (χ0) is 14.0. The molecule has 3 nitrogen and oxygen atoms in total. The monoisotopic (exact) mass is 320 g/mol. The third kappa shape index (κ3) is 3.07. The molecule has 19 heavy (non-hydrogen) atoms. The summed E-state index contributed by atoms with van der Waals surface area (Å²) in [5.41, 5.74) is 2.94. The minimum Gasteiger partial charge on any atom is -0.356 e. The zero-order valence-electron chi connectivity index (χ0n) is 11.3. The predicted octanol–water partition coefficient (Wildman–Crippen LogP) is 3.92. The van der Waals surface area contributed by atoms with Crippen LogP contribution in [-0.2, 0) is 0 Å². The number of nitrogens with zero attached hydrogens (tertiary/aromatic N) is 1. The fourth-order valence-corrected chi connectivity index (χ4v) is 2.27. The Hall–Kier alpha value is -1.55. The molecule has 2 aromatic rings. The zero-order valence-corrected chi connectivity index (χ0v) is 12.9. The lowest BCUT2D eigenvalue weighted by atomic mass is 10.1. The van der Waals surface area contributed by atoms with Crippen LogP contribution in [0.1, 0.15) is 34.6 Å². The van der Waals surface area contributed by atoms with Gasteiger partial charge in [-0.15, -0.1) is 0 Å². The van der Waals surface area contributed by atoms with Crippen molar-refractivity contribution in [2.75, 3.05) is 7.05 Å². The van der Waals surface area contributed by atoms with Crippen molar-refractivity contribution >= 4 is 21.8 Å². The van der Waals surface area contributed by atoms with Crippen LogP contribution in [0.25, 0.3) is 0 Å². The summed E-state index contributed by atoms with van der Waals surface area (Å²) in [6.07, 6.45) is 1.76. The maximum Gasteiger partial charge on any atom is 0.270 e. The Morgan fingerprint density at radius 3 is 2.47 bits per heavy atom. The van der Waals surface area contributed by atoms with Gasteiger partial charge in [-0.25, -0.2) is 0 Å². The SMILES string of the molecule is Cc1ccc(C(C)N(C)C(=O)c2cc(Br)c[nH]2)cc1. The molecule has 0 fully saturated rings. The van der Waals surface area contributed by atoms with Crippen molar-refractivity contribution in [1.29, 1.82) is 0 Å². The molecule has 100 valence electrons. The Labute approximate surface area is 121 Å². The average Bonchev–Trinajstić information content (AvgIpc) is 2.84. The van der Waals surface area contributed by atoms with Crippen molar-refractivity contribution in [3.05, 3.63) is 57.8 Å². The van der Waals surface area contributed by atoms with Gasteiger partial charge in [0, 0.05) is 17.7 Å². The smallest absolute Gasteiger partial charge is 0.270 e. The molecule has 1 heterocycles. The van der Waals surface area contributed by atoms with Gasteiger partial charge in [0.05, 0.1) is 6.04 Å². The Morgan fingerprint density at radius 1 is 1.32 bits per heavy atom. The summed E-state index contributed by atoms with van der Waals surface area (Å²) in [5.74, 6) is -0.0150. The average molecular weight is 321 g/mol. The van der Waals surface area contributed by atoms with Crippen LogP contribution in [0, 0.1) is 6.92 Å². The van der Waals surface area contributed by atoms with Gasteiger partial charge in [0.2, 0.25) is 0 Å². The number of benzene rings is 1. The molecule has 0 bridgehead atoms. The number of carbonyl (C=O) groups excluding carboxylic acids is 1. The molecule has 4 heteroatoms. The number of aryl methyl sites for hydroxylation is 1. The number of halogens is 1. The van der Waals surface area contributed by atoms with Crippen LogP contribution in [0.2, 0.25) is 0 Å². The van der Waals surface area contributed by atoms with Crippen molar-refractivity contribution in [1.82, 2.24) is 9.88 Å². The summed E-state index contributed by atoms with van der Waals surface area (Å²) in [6.45, 7) is 4.08. The first-order valence-corrected chi connectivity index (χ1v) is 6.96. The second-order valence-electron chi connectivity index (χ2n) is 4.73. The molecule has 0 saturated heterocycles. The molecular weight excluding hydrogens is 304 g/mol. The van der Waals surface area contributed by atoms with E-state index in [2.05, 4.69) is 52.1 Å². The minimum absolute atomic E-state index is 0.0150. The van der Waals surface area contributed by atoms with E-state index in [1.807, 2.05) is 14.0 Å². The molecule has 0 aliphatic carbocycles. The molecule has 1 aromatic heterocycles. The van der Waals surface area contributed by atoms with E-state index < -0.39 is 0 Å². The standard InChI is InChI=1S/C15H17BrN2O/c1-10-4-6-12(7-5-10)11(2)18(3)15(19)14-8-13(16)9-17-14/h4-9,11,17H,1-3H3. The number of H-pyrrole nitrogens is 1. The third-order valence-electron chi connectivity index (χ3n) is 3.34. The second-order valence-corrected chi connectivity index (χ2v) is 5.65. The number of aromatic nitrogens is 1. The molecular formula is C15H17BrN2O. The summed E-state index contributed by atoms with van der Waals surface area (Å²) in [6, 6.07) is 10.1. The van der Waals surface area contributed by atoms with Gasteiger partial charge in [0.25, 0.3) is 5.91 Å². The van der Waals surface area contributed by atoms with Crippen molar-refractivity contribution in [2.24, 2.45) is 0 Å². The quantitative estimate of drug-likeness (QED) is 0.914. The van der Waals surface area contributed by atoms with E-state index in [-0.39, 0.29) is 11.9 Å². The van der Waals surface area contributed by atoms with Crippen LogP contribution < -0.4 is 0 Å². The van der Waals surface area contributed by atoms with Crippen LogP contribution in [0.3, 0.4) is 0 Å². The summed E-state index contributed by atoms with van der Waals surface area (Å²) >= 11 is 3.34. The van der Waals surface area contributed by atoms with Crippen molar-refractivity contribution in [2.45, 2.75) is 19.9 Å². The summed E-state index contributed by atoms with van der Waals surface area (Å²) < 4.78 is 0.882. The normalized spacial score (nSPS) is 12.2. The van der Waals surface area contributed by atoms with Gasteiger partial charge in [-0.3, -0.25) is 4.79 Å². The van der Waals surface area contributed by atoms with Crippen LogP contribution in [0.5, 0.6) is 0 Å². The predicted molar refractivity (Wildman–Crippen MR) is 80.2 cm³/mol. The third-order valence-corrected chi connectivity index (χ3v) is 3.80. The highest BCUT2D eigenvalue weighted by molar-refractivity contribution is 9.10. The van der Waals surface area contributed by atoms with Gasteiger partial charge in [0.1, 0.15) is 5.69 Å². The first kappa shape index (κ1) is 13.9. The van der Waals surface area contributed by atoms with Crippen LogP contribution in [0.15, 0.2) is 41.0 Å². The maximum absolute atomic E-state index is 12.3. The number of amides is 1. The molecule has 1 amide bonds. The maximum atomic E-state index is 12.3. The summed E-state index contributed by atoms with van der Waals surface area (Å²) in [5, 5.41) is 0. The van der Waals surface area contributed by atoms with Crippen molar-refractivity contribution < 1.29 is 4.79 Å². The van der Waals surface area contributed by atoms with E-state index >= 15 is 0 Å². The van der Waals surface area contributed by atoms with Gasteiger partial charge >= 0.3 is 0 Å². The van der Waals surface area contributed by atoms with E-state index in [1.54, 1.807) is 17.2 Å². The molecule has 1 N–H and O–H groups in total. The topological polar surface area (TPSA) is 36.1 Å². The molecule has 2 rings (SSSR count). The number of rotatable bonds is 3. The minimum atomic E-state index is -0.0150.